The van der Waals surface area contributed by atoms with E-state index in [1.165, 1.54) is 32.3 Å². The molecule has 0 bridgehead atoms. The van der Waals surface area contributed by atoms with Crippen molar-refractivity contribution < 1.29 is 4.74 Å². The van der Waals surface area contributed by atoms with Crippen molar-refractivity contribution in [3.8, 4) is 5.75 Å². The lowest BCUT2D eigenvalue weighted by molar-refractivity contribution is 0.220. The largest absolute Gasteiger partial charge is 0.490 e. The maximum atomic E-state index is 6.20. The molecule has 0 spiro atoms. The van der Waals surface area contributed by atoms with Gasteiger partial charge in [-0.2, -0.15) is 0 Å². The molecule has 1 nitrogen and oxygen atoms in total. The van der Waals surface area contributed by atoms with Crippen LogP contribution in [-0.4, -0.2) is 6.10 Å². The van der Waals surface area contributed by atoms with Crippen LogP contribution in [0.4, 0.5) is 0 Å². The summed E-state index contributed by atoms with van der Waals surface area (Å²) >= 11 is 0. The highest BCUT2D eigenvalue weighted by atomic mass is 16.5. The van der Waals surface area contributed by atoms with Crippen LogP contribution in [0.15, 0.2) is 66.7 Å². The molecule has 4 aromatic carbocycles. The van der Waals surface area contributed by atoms with Crippen LogP contribution in [0.2, 0.25) is 0 Å². The molecule has 1 heteroatoms. The topological polar surface area (TPSA) is 9.23 Å². The third-order valence-corrected chi connectivity index (χ3v) is 4.59. The third-order valence-electron chi connectivity index (χ3n) is 4.59. The van der Waals surface area contributed by atoms with Gasteiger partial charge in [-0.3, -0.25) is 0 Å². The Hall–Kier alpha value is -2.54. The summed E-state index contributed by atoms with van der Waals surface area (Å²) < 4.78 is 6.20. The van der Waals surface area contributed by atoms with Gasteiger partial charge in [0.2, 0.25) is 0 Å². The molecule has 0 aliphatic carbocycles. The first-order valence-corrected chi connectivity index (χ1v) is 8.27. The third kappa shape index (κ3) is 2.43. The average Bonchev–Trinajstić information content (AvgIpc) is 2.59. The molecule has 0 N–H and O–H groups in total. The van der Waals surface area contributed by atoms with E-state index in [1.54, 1.807) is 0 Å². The van der Waals surface area contributed by atoms with Gasteiger partial charge in [0.15, 0.2) is 0 Å². The average molecular weight is 300 g/mol. The van der Waals surface area contributed by atoms with Gasteiger partial charge < -0.3 is 4.74 Å². The van der Waals surface area contributed by atoms with Gasteiger partial charge >= 0.3 is 0 Å². The SMILES string of the molecule is CCC(C)Oc1cccc2ccc3cc4ccccc4cc3c12. The summed E-state index contributed by atoms with van der Waals surface area (Å²) in [4.78, 5) is 0. The summed E-state index contributed by atoms with van der Waals surface area (Å²) in [5, 5.41) is 7.52. The van der Waals surface area contributed by atoms with Gasteiger partial charge in [-0.1, -0.05) is 55.5 Å². The molecule has 4 rings (SSSR count). The first kappa shape index (κ1) is 14.1. The molecule has 0 radical (unpaired) electrons. The lowest BCUT2D eigenvalue weighted by Crippen LogP contribution is -2.09. The Labute approximate surface area is 136 Å². The van der Waals surface area contributed by atoms with Crippen molar-refractivity contribution in [1.82, 2.24) is 0 Å². The Morgan fingerprint density at radius 3 is 2.26 bits per heavy atom. The zero-order chi connectivity index (χ0) is 15.8. The minimum atomic E-state index is 0.219. The summed E-state index contributed by atoms with van der Waals surface area (Å²) in [6, 6.07) is 23.8. The minimum absolute atomic E-state index is 0.219. The van der Waals surface area contributed by atoms with Gasteiger partial charge in [-0.05, 0) is 58.5 Å². The van der Waals surface area contributed by atoms with Crippen LogP contribution in [0.3, 0.4) is 0 Å². The van der Waals surface area contributed by atoms with E-state index in [1.807, 2.05) is 0 Å². The fraction of sp³-hybridized carbons (Fsp3) is 0.182. The second-order valence-electron chi connectivity index (χ2n) is 6.18. The molecule has 0 saturated carbocycles. The summed E-state index contributed by atoms with van der Waals surface area (Å²) in [7, 11) is 0. The van der Waals surface area contributed by atoms with E-state index in [4.69, 9.17) is 4.74 Å². The molecular formula is C22H20O. The maximum absolute atomic E-state index is 6.20. The van der Waals surface area contributed by atoms with Crippen LogP contribution in [-0.2, 0) is 0 Å². The minimum Gasteiger partial charge on any atom is -0.490 e. The summed E-state index contributed by atoms with van der Waals surface area (Å²) in [6.45, 7) is 4.28. The van der Waals surface area contributed by atoms with Gasteiger partial charge in [0.05, 0.1) is 6.10 Å². The van der Waals surface area contributed by atoms with Crippen LogP contribution in [0.1, 0.15) is 20.3 Å². The monoisotopic (exact) mass is 300 g/mol. The lowest BCUT2D eigenvalue weighted by Gasteiger charge is -2.16. The maximum Gasteiger partial charge on any atom is 0.128 e. The number of benzene rings is 4. The Morgan fingerprint density at radius 2 is 1.48 bits per heavy atom. The molecule has 0 amide bonds. The van der Waals surface area contributed by atoms with E-state index in [-0.39, 0.29) is 6.10 Å². The van der Waals surface area contributed by atoms with Gasteiger partial charge in [0, 0.05) is 5.39 Å². The van der Waals surface area contributed by atoms with E-state index in [9.17, 15) is 0 Å². The smallest absolute Gasteiger partial charge is 0.128 e. The Morgan fingerprint density at radius 1 is 0.783 bits per heavy atom. The highest BCUT2D eigenvalue weighted by molar-refractivity contribution is 6.14. The van der Waals surface area contributed by atoms with Crippen LogP contribution in [0.25, 0.3) is 32.3 Å². The molecule has 4 aromatic rings. The molecule has 23 heavy (non-hydrogen) atoms. The van der Waals surface area contributed by atoms with Gasteiger partial charge in [-0.25, -0.2) is 0 Å². The van der Waals surface area contributed by atoms with Crippen LogP contribution in [0, 0.1) is 0 Å². The van der Waals surface area contributed by atoms with Crippen molar-refractivity contribution in [2.24, 2.45) is 0 Å². The molecule has 1 atom stereocenters. The summed E-state index contributed by atoms with van der Waals surface area (Å²) in [5.41, 5.74) is 0. The first-order chi connectivity index (χ1) is 11.3. The number of rotatable bonds is 3. The van der Waals surface area contributed by atoms with E-state index in [0.717, 1.165) is 12.2 Å². The predicted molar refractivity (Wildman–Crippen MR) is 99.3 cm³/mol. The quantitative estimate of drug-likeness (QED) is 0.317. The van der Waals surface area contributed by atoms with Gasteiger partial charge in [0.25, 0.3) is 0 Å². The van der Waals surface area contributed by atoms with Crippen molar-refractivity contribution in [2.45, 2.75) is 26.4 Å². The van der Waals surface area contributed by atoms with E-state index in [2.05, 4.69) is 80.6 Å². The van der Waals surface area contributed by atoms with Crippen molar-refractivity contribution in [1.29, 1.82) is 0 Å². The molecule has 114 valence electrons. The lowest BCUT2D eigenvalue weighted by atomic mass is 9.98. The molecule has 1 unspecified atom stereocenters. The molecule has 0 aliphatic rings. The number of ether oxygens (including phenoxy) is 1. The molecule has 0 aliphatic heterocycles. The molecule has 0 heterocycles. The Kier molecular flexibility index (Phi) is 3.42. The normalized spacial score (nSPS) is 12.8. The standard InChI is InChI=1S/C22H20O/c1-3-15(2)23-21-10-6-9-16-11-12-19-13-17-7-4-5-8-18(17)14-20(19)22(16)21/h4-15H,3H2,1-2H3. The van der Waals surface area contributed by atoms with E-state index < -0.39 is 0 Å². The van der Waals surface area contributed by atoms with Crippen molar-refractivity contribution in [3.05, 3.63) is 66.7 Å². The molecular weight excluding hydrogens is 280 g/mol. The van der Waals surface area contributed by atoms with Crippen LogP contribution >= 0.6 is 0 Å². The zero-order valence-corrected chi connectivity index (χ0v) is 13.5. The highest BCUT2D eigenvalue weighted by Gasteiger charge is 2.10. The number of fused-ring (bicyclic) bond motifs is 4. The van der Waals surface area contributed by atoms with Crippen molar-refractivity contribution in [2.75, 3.05) is 0 Å². The second kappa shape index (κ2) is 5.58. The fourth-order valence-electron chi connectivity index (χ4n) is 3.17. The van der Waals surface area contributed by atoms with Crippen LogP contribution in [0.5, 0.6) is 5.75 Å². The predicted octanol–water partition coefficient (Wildman–Crippen LogP) is 6.32. The number of hydrogen-bond acceptors (Lipinski definition) is 1. The molecule has 0 aromatic heterocycles. The first-order valence-electron chi connectivity index (χ1n) is 8.27. The Balaban J connectivity index is 2.07. The highest BCUT2D eigenvalue weighted by Crippen LogP contribution is 2.35. The van der Waals surface area contributed by atoms with Gasteiger partial charge in [-0.15, -0.1) is 0 Å². The zero-order valence-electron chi connectivity index (χ0n) is 13.5. The number of hydrogen-bond donors (Lipinski definition) is 0. The molecule has 0 fully saturated rings. The summed E-state index contributed by atoms with van der Waals surface area (Å²) in [6.07, 6.45) is 1.22. The van der Waals surface area contributed by atoms with Crippen LogP contribution < -0.4 is 4.74 Å². The van der Waals surface area contributed by atoms with E-state index in [0.29, 0.717) is 0 Å². The second-order valence-corrected chi connectivity index (χ2v) is 6.18. The fourth-order valence-corrected chi connectivity index (χ4v) is 3.17. The Bertz CT molecular complexity index is 1000. The summed E-state index contributed by atoms with van der Waals surface area (Å²) in [5.74, 6) is 0.984. The van der Waals surface area contributed by atoms with Crippen molar-refractivity contribution >= 4 is 32.3 Å². The van der Waals surface area contributed by atoms with E-state index >= 15 is 0 Å². The van der Waals surface area contributed by atoms with Gasteiger partial charge in [0.1, 0.15) is 5.75 Å². The molecule has 0 saturated heterocycles. The van der Waals surface area contributed by atoms with Crippen molar-refractivity contribution in [3.63, 3.8) is 0 Å².